The molecule has 7 nitrogen and oxygen atoms in total. The van der Waals surface area contributed by atoms with Crippen molar-refractivity contribution in [3.63, 3.8) is 0 Å². The molecule has 11 heteroatoms. The first-order chi connectivity index (χ1) is 14.2. The number of amides is 1. The lowest BCUT2D eigenvalue weighted by molar-refractivity contribution is -0.148. The van der Waals surface area contributed by atoms with Gasteiger partial charge in [0.25, 0.3) is 5.91 Å². The van der Waals surface area contributed by atoms with Crippen LogP contribution in [0.1, 0.15) is 29.9 Å². The fraction of sp³-hybridized carbons (Fsp3) is 0.368. The number of ether oxygens (including phenoxy) is 1. The van der Waals surface area contributed by atoms with Crippen LogP contribution in [0.3, 0.4) is 0 Å². The number of rotatable bonds is 8. The van der Waals surface area contributed by atoms with Crippen molar-refractivity contribution in [2.24, 2.45) is 0 Å². The number of fused-ring (bicyclic) bond motifs is 1. The Kier molecular flexibility index (Phi) is 6.18. The molecule has 3 rings (SSSR count). The first-order valence-electron chi connectivity index (χ1n) is 9.02. The molecule has 0 radical (unpaired) electrons. The molecule has 0 aromatic carbocycles. The molecule has 0 unspecified atom stereocenters. The van der Waals surface area contributed by atoms with E-state index in [2.05, 4.69) is 25.1 Å². The fourth-order valence-corrected chi connectivity index (χ4v) is 2.60. The molecular weight excluding hydrogens is 406 g/mol. The Hall–Kier alpha value is -3.24. The van der Waals surface area contributed by atoms with Gasteiger partial charge in [-0.15, -0.1) is 0 Å². The minimum Gasteiger partial charge on any atom is -0.471 e. The third-order valence-corrected chi connectivity index (χ3v) is 3.99. The summed E-state index contributed by atoms with van der Waals surface area (Å²) in [6.45, 7) is 2.50. The predicted molar refractivity (Wildman–Crippen MR) is 99.9 cm³/mol. The SMILES string of the molecule is CC(C)NC(=O)c1nccc2nn(Cc3ccc(OCC(F)(F)C(F)F)nc3)cc12. The molecule has 30 heavy (non-hydrogen) atoms. The van der Waals surface area contributed by atoms with Crippen LogP contribution < -0.4 is 10.1 Å². The van der Waals surface area contributed by atoms with Crippen molar-refractivity contribution in [3.05, 3.63) is 48.0 Å². The van der Waals surface area contributed by atoms with Crippen LogP contribution in [0, 0.1) is 0 Å². The average molecular weight is 425 g/mol. The van der Waals surface area contributed by atoms with Crippen LogP contribution in [0.15, 0.2) is 36.8 Å². The Morgan fingerprint density at radius 1 is 1.23 bits per heavy atom. The predicted octanol–water partition coefficient (Wildman–Crippen LogP) is 3.29. The number of carbonyl (C=O) groups excluding carboxylic acids is 1. The van der Waals surface area contributed by atoms with Crippen molar-refractivity contribution >= 4 is 16.8 Å². The highest BCUT2D eigenvalue weighted by atomic mass is 19.3. The van der Waals surface area contributed by atoms with E-state index in [9.17, 15) is 22.4 Å². The molecule has 0 bridgehead atoms. The third kappa shape index (κ3) is 5.02. The van der Waals surface area contributed by atoms with Crippen molar-refractivity contribution in [3.8, 4) is 5.88 Å². The lowest BCUT2D eigenvalue weighted by Gasteiger charge is -2.15. The van der Waals surface area contributed by atoms with Crippen molar-refractivity contribution in [2.75, 3.05) is 6.61 Å². The first-order valence-corrected chi connectivity index (χ1v) is 9.02. The molecule has 0 saturated carbocycles. The van der Waals surface area contributed by atoms with E-state index in [1.165, 1.54) is 18.5 Å². The molecule has 1 amide bonds. The maximum Gasteiger partial charge on any atom is 0.340 e. The van der Waals surface area contributed by atoms with Crippen LogP contribution in [0.5, 0.6) is 5.88 Å². The van der Waals surface area contributed by atoms with E-state index in [-0.39, 0.29) is 30.1 Å². The van der Waals surface area contributed by atoms with Gasteiger partial charge in [-0.05, 0) is 25.5 Å². The van der Waals surface area contributed by atoms with Crippen molar-refractivity contribution in [2.45, 2.75) is 38.8 Å². The second kappa shape index (κ2) is 8.64. The molecule has 0 aliphatic carbocycles. The average Bonchev–Trinajstić information content (AvgIpc) is 3.09. The summed E-state index contributed by atoms with van der Waals surface area (Å²) in [6, 6.07) is 4.50. The van der Waals surface area contributed by atoms with Gasteiger partial charge in [-0.2, -0.15) is 13.9 Å². The Balaban J connectivity index is 1.71. The highest BCUT2D eigenvalue weighted by Crippen LogP contribution is 2.24. The van der Waals surface area contributed by atoms with Crippen molar-refractivity contribution < 1.29 is 27.1 Å². The van der Waals surface area contributed by atoms with Crippen LogP contribution in [0.4, 0.5) is 17.6 Å². The van der Waals surface area contributed by atoms with E-state index in [0.717, 1.165) is 0 Å². The monoisotopic (exact) mass is 425 g/mol. The van der Waals surface area contributed by atoms with Crippen LogP contribution >= 0.6 is 0 Å². The maximum absolute atomic E-state index is 12.9. The van der Waals surface area contributed by atoms with E-state index in [4.69, 9.17) is 0 Å². The van der Waals surface area contributed by atoms with Gasteiger partial charge < -0.3 is 10.1 Å². The smallest absolute Gasteiger partial charge is 0.340 e. The number of carbonyl (C=O) groups is 1. The summed E-state index contributed by atoms with van der Waals surface area (Å²) in [5.74, 6) is -4.75. The summed E-state index contributed by atoms with van der Waals surface area (Å²) < 4.78 is 56.4. The van der Waals surface area contributed by atoms with Gasteiger partial charge in [0.1, 0.15) is 5.69 Å². The second-order valence-corrected chi connectivity index (χ2v) is 6.90. The standard InChI is InChI=1S/C19H19F4N5O2/c1-11(2)26-17(29)16-13-9-28(27-14(13)5-6-24-16)8-12-3-4-15(25-7-12)30-10-19(22,23)18(20)21/h3-7,9,11,18H,8,10H2,1-2H3,(H,26,29). The van der Waals surface area contributed by atoms with Crippen LogP contribution in [0.2, 0.25) is 0 Å². The highest BCUT2D eigenvalue weighted by molar-refractivity contribution is 6.04. The van der Waals surface area contributed by atoms with Gasteiger partial charge in [0.2, 0.25) is 5.88 Å². The van der Waals surface area contributed by atoms with E-state index >= 15 is 0 Å². The Morgan fingerprint density at radius 3 is 2.63 bits per heavy atom. The number of nitrogens with one attached hydrogen (secondary N) is 1. The summed E-state index contributed by atoms with van der Waals surface area (Å²) in [4.78, 5) is 20.3. The van der Waals surface area contributed by atoms with Crippen molar-refractivity contribution in [1.82, 2.24) is 25.1 Å². The largest absolute Gasteiger partial charge is 0.471 e. The molecule has 160 valence electrons. The zero-order chi connectivity index (χ0) is 21.9. The normalized spacial score (nSPS) is 12.0. The van der Waals surface area contributed by atoms with Gasteiger partial charge >= 0.3 is 12.3 Å². The summed E-state index contributed by atoms with van der Waals surface area (Å²) in [5, 5.41) is 7.76. The maximum atomic E-state index is 12.9. The number of halogens is 4. The molecule has 0 atom stereocenters. The minimum atomic E-state index is -4.25. The van der Waals surface area contributed by atoms with E-state index in [0.29, 0.717) is 16.5 Å². The number of aromatic nitrogens is 4. The van der Waals surface area contributed by atoms with Gasteiger partial charge in [0.05, 0.1) is 17.4 Å². The topological polar surface area (TPSA) is 81.9 Å². The van der Waals surface area contributed by atoms with Gasteiger partial charge in [-0.25, -0.2) is 13.8 Å². The number of hydrogen-bond donors (Lipinski definition) is 1. The zero-order valence-electron chi connectivity index (χ0n) is 16.2. The van der Waals surface area contributed by atoms with Gasteiger partial charge in [-0.1, -0.05) is 6.07 Å². The lowest BCUT2D eigenvalue weighted by Crippen LogP contribution is -2.33. The van der Waals surface area contributed by atoms with Gasteiger partial charge in [0.15, 0.2) is 6.61 Å². The molecule has 0 aliphatic rings. The molecule has 1 N–H and O–H groups in total. The Bertz CT molecular complexity index is 1020. The van der Waals surface area contributed by atoms with Crippen molar-refractivity contribution in [1.29, 1.82) is 0 Å². The number of nitrogens with zero attached hydrogens (tertiary/aromatic N) is 4. The lowest BCUT2D eigenvalue weighted by atomic mass is 10.2. The third-order valence-electron chi connectivity index (χ3n) is 3.99. The summed E-state index contributed by atoms with van der Waals surface area (Å²) in [6.07, 6.45) is 0.725. The van der Waals surface area contributed by atoms with Crippen LogP contribution in [0.25, 0.3) is 10.9 Å². The summed E-state index contributed by atoms with van der Waals surface area (Å²) in [5.41, 5.74) is 1.51. The Labute approximate surface area is 169 Å². The quantitative estimate of drug-likeness (QED) is 0.560. The second-order valence-electron chi connectivity index (χ2n) is 6.90. The van der Waals surface area contributed by atoms with E-state index in [1.54, 1.807) is 23.0 Å². The van der Waals surface area contributed by atoms with Crippen LogP contribution in [-0.2, 0) is 6.54 Å². The molecule has 0 fully saturated rings. The zero-order valence-corrected chi connectivity index (χ0v) is 16.2. The number of alkyl halides is 4. The van der Waals surface area contributed by atoms with E-state index < -0.39 is 19.0 Å². The molecule has 3 aromatic heterocycles. The first kappa shape index (κ1) is 21.5. The summed E-state index contributed by atoms with van der Waals surface area (Å²) in [7, 11) is 0. The molecule has 0 spiro atoms. The fourth-order valence-electron chi connectivity index (χ4n) is 2.60. The van der Waals surface area contributed by atoms with E-state index in [1.807, 2.05) is 13.8 Å². The number of hydrogen-bond acceptors (Lipinski definition) is 5. The van der Waals surface area contributed by atoms with Gasteiger partial charge in [-0.3, -0.25) is 14.5 Å². The molecule has 3 heterocycles. The highest BCUT2D eigenvalue weighted by Gasteiger charge is 2.41. The summed E-state index contributed by atoms with van der Waals surface area (Å²) >= 11 is 0. The number of pyridine rings is 2. The van der Waals surface area contributed by atoms with Gasteiger partial charge in [0, 0.05) is 30.7 Å². The molecular formula is C19H19F4N5O2. The minimum absolute atomic E-state index is 0.0444. The Morgan fingerprint density at radius 2 is 2.00 bits per heavy atom. The van der Waals surface area contributed by atoms with Crippen LogP contribution in [-0.4, -0.2) is 50.7 Å². The molecule has 0 aliphatic heterocycles. The molecule has 3 aromatic rings. The molecule has 0 saturated heterocycles.